The van der Waals surface area contributed by atoms with Gasteiger partial charge < -0.3 is 10.2 Å². The van der Waals surface area contributed by atoms with Crippen molar-refractivity contribution in [3.05, 3.63) is 59.2 Å². The zero-order chi connectivity index (χ0) is 13.9. The van der Waals surface area contributed by atoms with Gasteiger partial charge in [-0.3, -0.25) is 0 Å². The van der Waals surface area contributed by atoms with Gasteiger partial charge in [-0.1, -0.05) is 24.3 Å². The van der Waals surface area contributed by atoms with Gasteiger partial charge in [-0.15, -0.1) is 0 Å². The van der Waals surface area contributed by atoms with Gasteiger partial charge in [0.1, 0.15) is 6.07 Å². The van der Waals surface area contributed by atoms with Gasteiger partial charge in [0, 0.05) is 25.3 Å². The topological polar surface area (TPSA) is 39.1 Å². The zero-order valence-corrected chi connectivity index (χ0v) is 11.6. The lowest BCUT2D eigenvalue weighted by Crippen LogP contribution is -2.25. The Kier molecular flexibility index (Phi) is 3.41. The summed E-state index contributed by atoms with van der Waals surface area (Å²) in [5.74, 6) is 0. The summed E-state index contributed by atoms with van der Waals surface area (Å²) in [7, 11) is 0. The molecule has 0 bridgehead atoms. The number of rotatable bonds is 1. The molecule has 2 aromatic carbocycles. The lowest BCUT2D eigenvalue weighted by atomic mass is 10.1. The first-order valence-electron chi connectivity index (χ1n) is 6.86. The molecule has 0 unspecified atom stereocenters. The van der Waals surface area contributed by atoms with Gasteiger partial charge in [0.05, 0.1) is 11.3 Å². The molecule has 1 N–H and O–H groups in total. The molecule has 20 heavy (non-hydrogen) atoms. The second-order valence-electron chi connectivity index (χ2n) is 5.09. The van der Waals surface area contributed by atoms with Crippen molar-refractivity contribution in [3.8, 4) is 6.07 Å². The van der Waals surface area contributed by atoms with Crippen molar-refractivity contribution >= 4 is 11.4 Å². The van der Waals surface area contributed by atoms with E-state index in [0.717, 1.165) is 30.9 Å². The first-order valence-corrected chi connectivity index (χ1v) is 6.86. The third kappa shape index (κ3) is 2.26. The van der Waals surface area contributed by atoms with Crippen LogP contribution in [0.3, 0.4) is 0 Å². The Morgan fingerprint density at radius 2 is 2.00 bits per heavy atom. The molecule has 0 saturated heterocycles. The van der Waals surface area contributed by atoms with Crippen LogP contribution >= 0.6 is 0 Å². The van der Waals surface area contributed by atoms with Crippen molar-refractivity contribution in [3.63, 3.8) is 0 Å². The van der Waals surface area contributed by atoms with Gasteiger partial charge in [-0.25, -0.2) is 0 Å². The number of anilines is 2. The molecule has 1 aliphatic heterocycles. The fourth-order valence-corrected chi connectivity index (χ4v) is 2.67. The highest BCUT2D eigenvalue weighted by atomic mass is 15.2. The Morgan fingerprint density at radius 3 is 2.85 bits per heavy atom. The molecule has 0 spiro atoms. The first-order chi connectivity index (χ1) is 9.79. The summed E-state index contributed by atoms with van der Waals surface area (Å²) < 4.78 is 0. The van der Waals surface area contributed by atoms with Gasteiger partial charge in [0.15, 0.2) is 0 Å². The van der Waals surface area contributed by atoms with Gasteiger partial charge in [-0.05, 0) is 36.2 Å². The summed E-state index contributed by atoms with van der Waals surface area (Å²) in [5, 5.41) is 12.8. The maximum atomic E-state index is 9.37. The second kappa shape index (κ2) is 5.36. The SMILES string of the molecule is Cc1ccc(C#N)c(N2CCNCc3ccccc32)c1. The molecular weight excluding hydrogens is 246 g/mol. The maximum absolute atomic E-state index is 9.37. The normalized spacial score (nSPS) is 14.3. The van der Waals surface area contributed by atoms with Crippen LogP contribution in [0.2, 0.25) is 0 Å². The van der Waals surface area contributed by atoms with Crippen LogP contribution in [0.5, 0.6) is 0 Å². The van der Waals surface area contributed by atoms with E-state index in [4.69, 9.17) is 0 Å². The number of hydrogen-bond acceptors (Lipinski definition) is 3. The van der Waals surface area contributed by atoms with E-state index in [1.165, 1.54) is 16.8 Å². The molecule has 2 aromatic rings. The average molecular weight is 263 g/mol. The van der Waals surface area contributed by atoms with E-state index in [-0.39, 0.29) is 0 Å². The molecule has 1 heterocycles. The smallest absolute Gasteiger partial charge is 0.101 e. The van der Waals surface area contributed by atoms with Gasteiger partial charge in [0.2, 0.25) is 0 Å². The van der Waals surface area contributed by atoms with E-state index in [2.05, 4.69) is 53.5 Å². The Labute approximate surface area is 119 Å². The predicted molar refractivity (Wildman–Crippen MR) is 81.0 cm³/mol. The zero-order valence-electron chi connectivity index (χ0n) is 11.6. The van der Waals surface area contributed by atoms with Crippen LogP contribution in [0, 0.1) is 18.3 Å². The van der Waals surface area contributed by atoms with Crippen LogP contribution in [-0.2, 0) is 6.54 Å². The van der Waals surface area contributed by atoms with Crippen molar-refractivity contribution in [1.82, 2.24) is 5.32 Å². The lowest BCUT2D eigenvalue weighted by molar-refractivity contribution is 0.712. The highest BCUT2D eigenvalue weighted by Crippen LogP contribution is 2.32. The maximum Gasteiger partial charge on any atom is 0.101 e. The standard InChI is InChI=1S/C17H17N3/c1-13-6-7-14(11-18)17(10-13)20-9-8-19-12-15-4-2-3-5-16(15)20/h2-7,10,19H,8-9,12H2,1H3. The summed E-state index contributed by atoms with van der Waals surface area (Å²) in [4.78, 5) is 2.25. The monoisotopic (exact) mass is 263 g/mol. The molecule has 0 atom stereocenters. The number of aryl methyl sites for hydroxylation is 1. The summed E-state index contributed by atoms with van der Waals surface area (Å²) in [5.41, 5.74) is 5.37. The Hall–Kier alpha value is -2.31. The molecule has 100 valence electrons. The predicted octanol–water partition coefficient (Wildman–Crippen LogP) is 3.11. The van der Waals surface area contributed by atoms with Gasteiger partial charge in [-0.2, -0.15) is 5.26 Å². The fraction of sp³-hybridized carbons (Fsp3) is 0.235. The Morgan fingerprint density at radius 1 is 1.15 bits per heavy atom. The molecular formula is C17H17N3. The number of hydrogen-bond donors (Lipinski definition) is 1. The molecule has 3 nitrogen and oxygen atoms in total. The molecule has 1 aliphatic rings. The molecule has 3 rings (SSSR count). The Balaban J connectivity index is 2.15. The molecule has 3 heteroatoms. The molecule has 0 fully saturated rings. The van der Waals surface area contributed by atoms with Crippen molar-refractivity contribution < 1.29 is 0 Å². The van der Waals surface area contributed by atoms with E-state index >= 15 is 0 Å². The second-order valence-corrected chi connectivity index (χ2v) is 5.09. The summed E-state index contributed by atoms with van der Waals surface area (Å²) in [6.45, 7) is 4.72. The highest BCUT2D eigenvalue weighted by Gasteiger charge is 2.18. The number of benzene rings is 2. The minimum absolute atomic E-state index is 0.729. The number of fused-ring (bicyclic) bond motifs is 1. The summed E-state index contributed by atoms with van der Waals surface area (Å²) in [6, 6.07) is 16.7. The first kappa shape index (κ1) is 12.7. The minimum atomic E-state index is 0.729. The third-order valence-corrected chi connectivity index (χ3v) is 3.67. The number of nitrogens with one attached hydrogen (secondary N) is 1. The minimum Gasteiger partial charge on any atom is -0.339 e. The lowest BCUT2D eigenvalue weighted by Gasteiger charge is -2.26. The fourth-order valence-electron chi connectivity index (χ4n) is 2.67. The van der Waals surface area contributed by atoms with Crippen molar-refractivity contribution in [2.45, 2.75) is 13.5 Å². The van der Waals surface area contributed by atoms with E-state index < -0.39 is 0 Å². The molecule has 0 saturated carbocycles. The summed E-state index contributed by atoms with van der Waals surface area (Å²) in [6.07, 6.45) is 0. The third-order valence-electron chi connectivity index (χ3n) is 3.67. The van der Waals surface area contributed by atoms with Gasteiger partial charge in [0.25, 0.3) is 0 Å². The van der Waals surface area contributed by atoms with Crippen LogP contribution in [0.25, 0.3) is 0 Å². The van der Waals surface area contributed by atoms with E-state index in [9.17, 15) is 5.26 Å². The number of nitriles is 1. The van der Waals surface area contributed by atoms with Crippen molar-refractivity contribution in [1.29, 1.82) is 5.26 Å². The van der Waals surface area contributed by atoms with E-state index in [1.54, 1.807) is 0 Å². The molecule has 0 aromatic heterocycles. The average Bonchev–Trinajstić information content (AvgIpc) is 2.69. The van der Waals surface area contributed by atoms with Crippen LogP contribution in [-0.4, -0.2) is 13.1 Å². The van der Waals surface area contributed by atoms with Gasteiger partial charge >= 0.3 is 0 Å². The van der Waals surface area contributed by atoms with Crippen LogP contribution < -0.4 is 10.2 Å². The van der Waals surface area contributed by atoms with E-state index in [1.807, 2.05) is 12.1 Å². The molecule has 0 radical (unpaired) electrons. The van der Waals surface area contributed by atoms with Crippen molar-refractivity contribution in [2.75, 3.05) is 18.0 Å². The Bertz CT molecular complexity index is 670. The van der Waals surface area contributed by atoms with Crippen molar-refractivity contribution in [2.24, 2.45) is 0 Å². The largest absolute Gasteiger partial charge is 0.339 e. The van der Waals surface area contributed by atoms with Crippen LogP contribution in [0.4, 0.5) is 11.4 Å². The summed E-state index contributed by atoms with van der Waals surface area (Å²) >= 11 is 0. The highest BCUT2D eigenvalue weighted by molar-refractivity contribution is 5.72. The van der Waals surface area contributed by atoms with E-state index in [0.29, 0.717) is 0 Å². The number of nitrogens with zero attached hydrogens (tertiary/aromatic N) is 2. The number of para-hydroxylation sites is 1. The quantitative estimate of drug-likeness (QED) is 0.859. The van der Waals surface area contributed by atoms with Crippen LogP contribution in [0.15, 0.2) is 42.5 Å². The molecule has 0 amide bonds. The molecule has 0 aliphatic carbocycles. The van der Waals surface area contributed by atoms with Crippen LogP contribution in [0.1, 0.15) is 16.7 Å².